The third-order valence-electron chi connectivity index (χ3n) is 4.23. The highest BCUT2D eigenvalue weighted by molar-refractivity contribution is 7.89. The molecule has 0 aliphatic heterocycles. The summed E-state index contributed by atoms with van der Waals surface area (Å²) in [6, 6.07) is 20.3. The first-order valence-electron chi connectivity index (χ1n) is 8.55. The summed E-state index contributed by atoms with van der Waals surface area (Å²) in [5.41, 5.74) is 1.54. The maximum atomic E-state index is 12.5. The van der Waals surface area contributed by atoms with Gasteiger partial charge in [-0.3, -0.25) is 9.67 Å². The summed E-state index contributed by atoms with van der Waals surface area (Å²) in [7, 11) is -3.57. The van der Waals surface area contributed by atoms with Crippen LogP contribution in [0.2, 0.25) is 0 Å². The fourth-order valence-corrected chi connectivity index (χ4v) is 3.91. The van der Waals surface area contributed by atoms with Gasteiger partial charge in [-0.15, -0.1) is 0 Å². The van der Waals surface area contributed by atoms with Gasteiger partial charge in [-0.25, -0.2) is 13.1 Å². The van der Waals surface area contributed by atoms with Gasteiger partial charge in [0.2, 0.25) is 10.0 Å². The largest absolute Gasteiger partial charge is 0.271 e. The monoisotopic (exact) mass is 378 g/mol. The van der Waals surface area contributed by atoms with Crippen LogP contribution in [0.15, 0.2) is 84.0 Å². The van der Waals surface area contributed by atoms with Crippen molar-refractivity contribution in [1.29, 1.82) is 0 Å². The topological polar surface area (TPSA) is 76.9 Å². The van der Waals surface area contributed by atoms with Crippen molar-refractivity contribution in [3.05, 3.63) is 79.1 Å². The lowest BCUT2D eigenvalue weighted by atomic mass is 10.1. The number of hydrogen-bond donors (Lipinski definition) is 1. The van der Waals surface area contributed by atoms with Gasteiger partial charge < -0.3 is 0 Å². The van der Waals surface area contributed by atoms with Gasteiger partial charge in [0, 0.05) is 18.9 Å². The molecule has 0 amide bonds. The fraction of sp³-hybridized carbons (Fsp3) is 0.100. The van der Waals surface area contributed by atoms with E-state index in [0.717, 1.165) is 22.2 Å². The van der Waals surface area contributed by atoms with Crippen LogP contribution < -0.4 is 4.72 Å². The van der Waals surface area contributed by atoms with Crippen LogP contribution in [-0.4, -0.2) is 29.7 Å². The summed E-state index contributed by atoms with van der Waals surface area (Å²) >= 11 is 0. The smallest absolute Gasteiger partial charge is 0.240 e. The minimum atomic E-state index is -3.57. The molecule has 0 bridgehead atoms. The Morgan fingerprint density at radius 3 is 2.52 bits per heavy atom. The van der Waals surface area contributed by atoms with Crippen LogP contribution in [0.25, 0.3) is 22.2 Å². The summed E-state index contributed by atoms with van der Waals surface area (Å²) in [5, 5.41) is 6.34. The molecule has 2 heterocycles. The molecule has 0 aliphatic carbocycles. The van der Waals surface area contributed by atoms with E-state index < -0.39 is 10.0 Å². The van der Waals surface area contributed by atoms with Crippen LogP contribution in [0.5, 0.6) is 0 Å². The van der Waals surface area contributed by atoms with Crippen molar-refractivity contribution in [3.8, 4) is 11.4 Å². The quantitative estimate of drug-likeness (QED) is 0.559. The maximum Gasteiger partial charge on any atom is 0.240 e. The molecule has 7 heteroatoms. The average molecular weight is 378 g/mol. The van der Waals surface area contributed by atoms with Crippen molar-refractivity contribution in [1.82, 2.24) is 19.5 Å². The number of nitrogens with zero attached hydrogens (tertiary/aromatic N) is 3. The average Bonchev–Trinajstić information content (AvgIpc) is 3.17. The Labute approximate surface area is 157 Å². The van der Waals surface area contributed by atoms with Crippen LogP contribution in [-0.2, 0) is 16.6 Å². The van der Waals surface area contributed by atoms with Crippen LogP contribution in [0.1, 0.15) is 0 Å². The van der Waals surface area contributed by atoms with Crippen molar-refractivity contribution in [2.45, 2.75) is 11.4 Å². The van der Waals surface area contributed by atoms with Crippen LogP contribution in [0.4, 0.5) is 0 Å². The second-order valence-electron chi connectivity index (χ2n) is 6.09. The molecule has 0 unspecified atom stereocenters. The molecule has 0 saturated carbocycles. The lowest BCUT2D eigenvalue weighted by molar-refractivity contribution is 0.561. The van der Waals surface area contributed by atoms with E-state index in [1.54, 1.807) is 23.0 Å². The van der Waals surface area contributed by atoms with E-state index in [2.05, 4.69) is 14.8 Å². The molecule has 4 rings (SSSR count). The molecule has 2 aromatic heterocycles. The third kappa shape index (κ3) is 3.89. The molecule has 0 spiro atoms. The number of nitrogens with one attached hydrogen (secondary N) is 1. The van der Waals surface area contributed by atoms with Gasteiger partial charge in [0.05, 0.1) is 17.1 Å². The summed E-state index contributed by atoms with van der Waals surface area (Å²) in [5.74, 6) is 0. The van der Waals surface area contributed by atoms with E-state index in [9.17, 15) is 8.42 Å². The van der Waals surface area contributed by atoms with E-state index in [4.69, 9.17) is 0 Å². The number of fused-ring (bicyclic) bond motifs is 1. The molecule has 0 radical (unpaired) electrons. The first-order chi connectivity index (χ1) is 13.1. The van der Waals surface area contributed by atoms with Crippen molar-refractivity contribution in [3.63, 3.8) is 0 Å². The molecule has 136 valence electrons. The number of aromatic nitrogens is 3. The van der Waals surface area contributed by atoms with Crippen molar-refractivity contribution in [2.75, 3.05) is 6.54 Å². The lowest BCUT2D eigenvalue weighted by Crippen LogP contribution is -2.27. The van der Waals surface area contributed by atoms with Crippen LogP contribution >= 0.6 is 0 Å². The maximum absolute atomic E-state index is 12.5. The van der Waals surface area contributed by atoms with E-state index in [1.807, 2.05) is 60.8 Å². The summed E-state index contributed by atoms with van der Waals surface area (Å²) < 4.78 is 29.4. The minimum absolute atomic E-state index is 0.249. The van der Waals surface area contributed by atoms with Crippen molar-refractivity contribution >= 4 is 20.8 Å². The molecule has 0 atom stereocenters. The number of rotatable bonds is 6. The lowest BCUT2D eigenvalue weighted by Gasteiger charge is -2.08. The summed E-state index contributed by atoms with van der Waals surface area (Å²) in [4.78, 5) is 4.52. The molecule has 0 fully saturated rings. The minimum Gasteiger partial charge on any atom is -0.271 e. The Bertz CT molecular complexity index is 1170. The fourth-order valence-electron chi connectivity index (χ4n) is 2.85. The Morgan fingerprint density at radius 2 is 1.70 bits per heavy atom. The SMILES string of the molecule is O=S(=O)(NCCn1ccc(-c2ccccn2)n1)c1ccc2ccccc2c1. The van der Waals surface area contributed by atoms with Gasteiger partial charge >= 0.3 is 0 Å². The Morgan fingerprint density at radius 1 is 0.889 bits per heavy atom. The van der Waals surface area contributed by atoms with Crippen LogP contribution in [0, 0.1) is 0 Å². The zero-order valence-corrected chi connectivity index (χ0v) is 15.3. The van der Waals surface area contributed by atoms with E-state index in [-0.39, 0.29) is 11.4 Å². The second kappa shape index (κ2) is 7.30. The number of benzene rings is 2. The predicted molar refractivity (Wildman–Crippen MR) is 105 cm³/mol. The molecule has 1 N–H and O–H groups in total. The molecule has 6 nitrogen and oxygen atoms in total. The zero-order valence-electron chi connectivity index (χ0n) is 14.5. The first-order valence-corrected chi connectivity index (χ1v) is 10.0. The number of pyridine rings is 1. The normalized spacial score (nSPS) is 11.7. The standard InChI is InChI=1S/C20H18N4O2S/c25-27(26,18-9-8-16-5-1-2-6-17(16)15-18)22-12-14-24-13-10-20(23-24)19-7-3-4-11-21-19/h1-11,13,15,22H,12,14H2. The number of sulfonamides is 1. The molecule has 0 aliphatic rings. The summed E-state index contributed by atoms with van der Waals surface area (Å²) in [6.07, 6.45) is 3.53. The highest BCUT2D eigenvalue weighted by Crippen LogP contribution is 2.18. The van der Waals surface area contributed by atoms with Crippen LogP contribution in [0.3, 0.4) is 0 Å². The molecule has 2 aromatic carbocycles. The van der Waals surface area contributed by atoms with Gasteiger partial charge in [-0.05, 0) is 41.1 Å². The van der Waals surface area contributed by atoms with Gasteiger partial charge in [0.15, 0.2) is 0 Å². The van der Waals surface area contributed by atoms with Gasteiger partial charge in [0.1, 0.15) is 5.69 Å². The van der Waals surface area contributed by atoms with Gasteiger partial charge in [-0.2, -0.15) is 5.10 Å². The third-order valence-corrected chi connectivity index (χ3v) is 5.69. The molecular weight excluding hydrogens is 360 g/mol. The molecule has 4 aromatic rings. The predicted octanol–water partition coefficient (Wildman–Crippen LogP) is 3.08. The first kappa shape index (κ1) is 17.4. The highest BCUT2D eigenvalue weighted by atomic mass is 32.2. The van der Waals surface area contributed by atoms with Gasteiger partial charge in [-0.1, -0.05) is 36.4 Å². The molecule has 27 heavy (non-hydrogen) atoms. The van der Waals surface area contributed by atoms with Crippen molar-refractivity contribution in [2.24, 2.45) is 0 Å². The van der Waals surface area contributed by atoms with Gasteiger partial charge in [0.25, 0.3) is 0 Å². The van der Waals surface area contributed by atoms with Crippen molar-refractivity contribution < 1.29 is 8.42 Å². The zero-order chi connectivity index (χ0) is 18.7. The molecule has 0 saturated heterocycles. The Kier molecular flexibility index (Phi) is 4.70. The Hall–Kier alpha value is -3.03. The van der Waals surface area contributed by atoms with E-state index in [0.29, 0.717) is 6.54 Å². The Balaban J connectivity index is 1.42. The summed E-state index contributed by atoms with van der Waals surface area (Å²) in [6.45, 7) is 0.679. The molecular formula is C20H18N4O2S. The number of hydrogen-bond acceptors (Lipinski definition) is 4. The van der Waals surface area contributed by atoms with E-state index in [1.165, 1.54) is 0 Å². The highest BCUT2D eigenvalue weighted by Gasteiger charge is 2.14. The van der Waals surface area contributed by atoms with E-state index >= 15 is 0 Å². The second-order valence-corrected chi connectivity index (χ2v) is 7.85.